The highest BCUT2D eigenvalue weighted by Gasteiger charge is 2.13. The predicted molar refractivity (Wildman–Crippen MR) is 138 cm³/mol. The molecule has 0 saturated heterocycles. The molecule has 0 saturated carbocycles. The maximum Gasteiger partial charge on any atom is 0.258 e. The van der Waals surface area contributed by atoms with Gasteiger partial charge in [0.15, 0.2) is 17.6 Å². The van der Waals surface area contributed by atoms with Crippen molar-refractivity contribution in [2.75, 3.05) is 17.7 Å². The fraction of sp³-hybridized carbons (Fsp3) is 0.231. The number of hydrogen-bond acceptors (Lipinski definition) is 6. The minimum atomic E-state index is -0.250. The maximum absolute atomic E-state index is 12.4. The largest absolute Gasteiger partial charge is 0.483 e. The molecule has 4 aromatic rings. The van der Waals surface area contributed by atoms with E-state index >= 15 is 0 Å². The second-order valence-electron chi connectivity index (χ2n) is 8.14. The maximum atomic E-state index is 12.4. The Balaban J connectivity index is 1.25. The third-order valence-electron chi connectivity index (χ3n) is 5.49. The molecule has 0 fully saturated rings. The SMILES string of the molecule is Cc1cccc(C)c1OCC(=O)NCc1nnc(SCC(=O)Nc2ccc3ccccc3c2)n1C. The topological polar surface area (TPSA) is 98.1 Å². The van der Waals surface area contributed by atoms with E-state index in [-0.39, 0.29) is 30.7 Å². The molecule has 0 aliphatic heterocycles. The molecule has 9 heteroatoms. The number of nitrogens with zero attached hydrogens (tertiary/aromatic N) is 3. The standard InChI is InChI=1S/C26H27N5O3S/c1-17-7-6-8-18(2)25(17)34-15-23(32)27-14-22-29-30-26(31(22)3)35-16-24(33)28-21-12-11-19-9-4-5-10-20(19)13-21/h4-13H,14-16H2,1-3H3,(H,27,32)(H,28,33). The molecule has 0 atom stereocenters. The first-order valence-corrected chi connectivity index (χ1v) is 12.1. The molecule has 1 heterocycles. The number of carbonyl (C=O) groups is 2. The Labute approximate surface area is 208 Å². The van der Waals surface area contributed by atoms with E-state index in [4.69, 9.17) is 4.74 Å². The number of thioether (sulfide) groups is 1. The summed E-state index contributed by atoms with van der Waals surface area (Å²) in [5.74, 6) is 1.12. The summed E-state index contributed by atoms with van der Waals surface area (Å²) >= 11 is 1.28. The van der Waals surface area contributed by atoms with E-state index in [1.165, 1.54) is 11.8 Å². The summed E-state index contributed by atoms with van der Waals surface area (Å²) < 4.78 is 7.45. The molecule has 0 bridgehead atoms. The summed E-state index contributed by atoms with van der Waals surface area (Å²) in [6.45, 7) is 4.02. The first kappa shape index (κ1) is 24.3. The Morgan fingerprint density at radius 3 is 2.46 bits per heavy atom. The Kier molecular flexibility index (Phi) is 7.67. The van der Waals surface area contributed by atoms with Crippen LogP contribution in [0.4, 0.5) is 5.69 Å². The van der Waals surface area contributed by atoms with E-state index < -0.39 is 0 Å². The molecule has 35 heavy (non-hydrogen) atoms. The van der Waals surface area contributed by atoms with E-state index in [0.29, 0.717) is 11.0 Å². The number of anilines is 1. The van der Waals surface area contributed by atoms with Gasteiger partial charge in [-0.15, -0.1) is 10.2 Å². The van der Waals surface area contributed by atoms with Crippen LogP contribution in [-0.2, 0) is 23.2 Å². The molecule has 180 valence electrons. The average Bonchev–Trinajstić information content (AvgIpc) is 3.20. The molecule has 0 spiro atoms. The zero-order valence-electron chi connectivity index (χ0n) is 19.9. The van der Waals surface area contributed by atoms with Crippen LogP contribution in [0, 0.1) is 13.8 Å². The fourth-order valence-electron chi connectivity index (χ4n) is 3.61. The fourth-order valence-corrected chi connectivity index (χ4v) is 4.34. The number of nitrogens with one attached hydrogen (secondary N) is 2. The Hall–Kier alpha value is -3.85. The van der Waals surface area contributed by atoms with Crippen molar-refractivity contribution in [3.8, 4) is 5.75 Å². The first-order chi connectivity index (χ1) is 16.9. The second-order valence-corrected chi connectivity index (χ2v) is 9.09. The molecular formula is C26H27N5O3S. The third-order valence-corrected chi connectivity index (χ3v) is 6.51. The second kappa shape index (κ2) is 11.1. The lowest BCUT2D eigenvalue weighted by molar-refractivity contribution is -0.123. The van der Waals surface area contributed by atoms with Crippen LogP contribution in [0.15, 0.2) is 65.8 Å². The molecule has 0 aliphatic carbocycles. The van der Waals surface area contributed by atoms with Gasteiger partial charge in [0, 0.05) is 12.7 Å². The van der Waals surface area contributed by atoms with Crippen LogP contribution in [0.2, 0.25) is 0 Å². The monoisotopic (exact) mass is 489 g/mol. The van der Waals surface area contributed by atoms with Gasteiger partial charge in [0.05, 0.1) is 12.3 Å². The summed E-state index contributed by atoms with van der Waals surface area (Å²) in [5.41, 5.74) is 2.72. The lowest BCUT2D eigenvalue weighted by Gasteiger charge is -2.12. The minimum absolute atomic E-state index is 0.0832. The molecule has 1 aromatic heterocycles. The highest BCUT2D eigenvalue weighted by atomic mass is 32.2. The van der Waals surface area contributed by atoms with Crippen LogP contribution < -0.4 is 15.4 Å². The van der Waals surface area contributed by atoms with Crippen molar-refractivity contribution in [1.29, 1.82) is 0 Å². The van der Waals surface area contributed by atoms with Crippen LogP contribution >= 0.6 is 11.8 Å². The van der Waals surface area contributed by atoms with Crippen molar-refractivity contribution in [2.24, 2.45) is 7.05 Å². The molecule has 2 N–H and O–H groups in total. The zero-order valence-corrected chi connectivity index (χ0v) is 20.7. The molecule has 2 amide bonds. The number of hydrogen-bond donors (Lipinski definition) is 2. The number of carbonyl (C=O) groups excluding carboxylic acids is 2. The van der Waals surface area contributed by atoms with Gasteiger partial charge in [0.2, 0.25) is 5.91 Å². The summed E-state index contributed by atoms with van der Waals surface area (Å²) in [6, 6.07) is 19.7. The quantitative estimate of drug-likeness (QED) is 0.345. The van der Waals surface area contributed by atoms with E-state index in [2.05, 4.69) is 20.8 Å². The van der Waals surface area contributed by atoms with Crippen molar-refractivity contribution >= 4 is 40.0 Å². The lowest BCUT2D eigenvalue weighted by atomic mass is 10.1. The Bertz CT molecular complexity index is 1350. The van der Waals surface area contributed by atoms with Gasteiger partial charge >= 0.3 is 0 Å². The minimum Gasteiger partial charge on any atom is -0.483 e. The molecule has 4 rings (SSSR count). The van der Waals surface area contributed by atoms with Gasteiger partial charge in [-0.3, -0.25) is 9.59 Å². The number of benzene rings is 3. The zero-order chi connectivity index (χ0) is 24.8. The van der Waals surface area contributed by atoms with Crippen molar-refractivity contribution in [3.05, 3.63) is 77.6 Å². The number of ether oxygens (including phenoxy) is 1. The molecule has 8 nitrogen and oxygen atoms in total. The first-order valence-electron chi connectivity index (χ1n) is 11.2. The van der Waals surface area contributed by atoms with E-state index in [1.54, 1.807) is 11.6 Å². The summed E-state index contributed by atoms with van der Waals surface area (Å²) in [6.07, 6.45) is 0. The molecule has 3 aromatic carbocycles. The molecule has 0 radical (unpaired) electrons. The highest BCUT2D eigenvalue weighted by Crippen LogP contribution is 2.22. The van der Waals surface area contributed by atoms with E-state index in [0.717, 1.165) is 33.3 Å². The van der Waals surface area contributed by atoms with Gasteiger partial charge in [-0.05, 0) is 47.9 Å². The predicted octanol–water partition coefficient (Wildman–Crippen LogP) is 4.01. The van der Waals surface area contributed by atoms with Gasteiger partial charge in [-0.2, -0.15) is 0 Å². The van der Waals surface area contributed by atoms with E-state index in [1.807, 2.05) is 74.5 Å². The van der Waals surface area contributed by atoms with Crippen LogP contribution in [0.25, 0.3) is 10.8 Å². The lowest BCUT2D eigenvalue weighted by Crippen LogP contribution is -2.29. The van der Waals surface area contributed by atoms with Gasteiger partial charge in [0.1, 0.15) is 5.75 Å². The van der Waals surface area contributed by atoms with Gasteiger partial charge < -0.3 is 19.9 Å². The average molecular weight is 490 g/mol. The van der Waals surface area contributed by atoms with Crippen molar-refractivity contribution in [1.82, 2.24) is 20.1 Å². The number of para-hydroxylation sites is 1. The third kappa shape index (κ3) is 6.19. The molecule has 0 unspecified atom stereocenters. The van der Waals surface area contributed by atoms with Crippen molar-refractivity contribution in [3.63, 3.8) is 0 Å². The number of fused-ring (bicyclic) bond motifs is 1. The van der Waals surface area contributed by atoms with Gasteiger partial charge in [-0.1, -0.05) is 60.3 Å². The normalized spacial score (nSPS) is 10.8. The van der Waals surface area contributed by atoms with Gasteiger partial charge in [-0.25, -0.2) is 0 Å². The Morgan fingerprint density at radius 2 is 1.69 bits per heavy atom. The number of rotatable bonds is 9. The van der Waals surface area contributed by atoms with Gasteiger partial charge in [0.25, 0.3) is 5.91 Å². The molecule has 0 aliphatic rings. The van der Waals surface area contributed by atoms with E-state index in [9.17, 15) is 9.59 Å². The summed E-state index contributed by atoms with van der Waals surface area (Å²) in [4.78, 5) is 24.7. The number of aromatic nitrogens is 3. The van der Waals surface area contributed by atoms with Crippen LogP contribution in [0.5, 0.6) is 5.75 Å². The number of aryl methyl sites for hydroxylation is 2. The smallest absolute Gasteiger partial charge is 0.258 e. The summed E-state index contributed by atoms with van der Waals surface area (Å²) in [5, 5.41) is 16.8. The van der Waals surface area contributed by atoms with Crippen molar-refractivity contribution in [2.45, 2.75) is 25.5 Å². The molecular weight excluding hydrogens is 462 g/mol. The van der Waals surface area contributed by atoms with Crippen LogP contribution in [0.1, 0.15) is 17.0 Å². The summed E-state index contributed by atoms with van der Waals surface area (Å²) in [7, 11) is 1.80. The Morgan fingerprint density at radius 1 is 0.943 bits per heavy atom. The van der Waals surface area contributed by atoms with Crippen LogP contribution in [0.3, 0.4) is 0 Å². The highest BCUT2D eigenvalue weighted by molar-refractivity contribution is 7.99. The number of amides is 2. The van der Waals surface area contributed by atoms with Crippen LogP contribution in [-0.4, -0.2) is 38.9 Å². The van der Waals surface area contributed by atoms with Crippen molar-refractivity contribution < 1.29 is 14.3 Å².